The van der Waals surface area contributed by atoms with E-state index >= 15 is 0 Å². The minimum atomic E-state index is -0.0335. The Labute approximate surface area is 366 Å². The SMILES string of the molecule is CC(C)(C)c1cc(N2c3ccccc3B3c4ccccc4N(c4cc(C(C)(C)C)cc(C(C)(C)C)c4)c4cc(-c5ccc(-c6ccccc6)cc5)cc2c43)cc(C(C)(C)C)c1. The van der Waals surface area contributed by atoms with Crippen molar-refractivity contribution in [2.24, 2.45) is 0 Å². The van der Waals surface area contributed by atoms with E-state index in [2.05, 4.69) is 245 Å². The van der Waals surface area contributed by atoms with Crippen LogP contribution in [-0.4, -0.2) is 6.71 Å². The highest BCUT2D eigenvalue weighted by molar-refractivity contribution is 7.00. The number of fused-ring (bicyclic) bond motifs is 4. The highest BCUT2D eigenvalue weighted by atomic mass is 15.2. The van der Waals surface area contributed by atoms with Gasteiger partial charge in [0.1, 0.15) is 0 Å². The Balaban J connectivity index is 1.39. The monoisotopic (exact) mass is 796 g/mol. The molecule has 0 saturated heterocycles. The summed E-state index contributed by atoms with van der Waals surface area (Å²) >= 11 is 0. The van der Waals surface area contributed by atoms with Gasteiger partial charge in [0.25, 0.3) is 6.71 Å². The van der Waals surface area contributed by atoms with E-state index in [9.17, 15) is 0 Å². The van der Waals surface area contributed by atoms with Gasteiger partial charge >= 0.3 is 0 Å². The second-order valence-corrected chi connectivity index (χ2v) is 21.6. The predicted octanol–water partition coefficient (Wildman–Crippen LogP) is 14.3. The molecule has 0 bridgehead atoms. The average molecular weight is 797 g/mol. The van der Waals surface area contributed by atoms with Gasteiger partial charge in [-0.15, -0.1) is 0 Å². The van der Waals surface area contributed by atoms with Crippen molar-refractivity contribution in [2.45, 2.75) is 105 Å². The number of anilines is 6. The fourth-order valence-electron chi connectivity index (χ4n) is 9.32. The minimum Gasteiger partial charge on any atom is -0.311 e. The number of benzene rings is 7. The van der Waals surface area contributed by atoms with E-state index in [-0.39, 0.29) is 28.4 Å². The lowest BCUT2D eigenvalue weighted by Gasteiger charge is -2.45. The third kappa shape index (κ3) is 7.31. The van der Waals surface area contributed by atoms with Gasteiger partial charge in [0.05, 0.1) is 0 Å². The molecular weight excluding hydrogens is 735 g/mol. The molecule has 0 N–H and O–H groups in total. The summed E-state index contributed by atoms with van der Waals surface area (Å²) in [5.41, 5.74) is 21.5. The summed E-state index contributed by atoms with van der Waals surface area (Å²) < 4.78 is 0. The standard InChI is InChI=1S/C58H61BN2/c1-55(2,3)42-32-43(56(4,5)6)35-46(34-42)60-50-24-18-16-22-48(50)59-49-23-17-19-25-51(49)61(47-36-44(57(7,8)9)33-45(37-47)58(10,11)12)53-31-41(30-52(60)54(53)59)40-28-26-39(27-29-40)38-20-14-13-15-21-38/h13-37H,1-12H3. The van der Waals surface area contributed by atoms with Crippen LogP contribution in [0.3, 0.4) is 0 Å². The number of nitrogens with zero attached hydrogens (tertiary/aromatic N) is 2. The topological polar surface area (TPSA) is 6.48 Å². The first kappa shape index (κ1) is 40.6. The Morgan fingerprint density at radius 1 is 0.311 bits per heavy atom. The van der Waals surface area contributed by atoms with Crippen LogP contribution in [0.5, 0.6) is 0 Å². The minimum absolute atomic E-state index is 0.0335. The maximum absolute atomic E-state index is 2.59. The lowest BCUT2D eigenvalue weighted by Crippen LogP contribution is -2.61. The molecule has 306 valence electrons. The molecule has 2 nitrogen and oxygen atoms in total. The van der Waals surface area contributed by atoms with Crippen LogP contribution in [0.4, 0.5) is 34.1 Å². The van der Waals surface area contributed by atoms with Gasteiger partial charge in [-0.05, 0) is 131 Å². The third-order valence-electron chi connectivity index (χ3n) is 13.0. The van der Waals surface area contributed by atoms with Gasteiger partial charge in [-0.2, -0.15) is 0 Å². The van der Waals surface area contributed by atoms with E-state index in [1.54, 1.807) is 0 Å². The van der Waals surface area contributed by atoms with Crippen molar-refractivity contribution in [2.75, 3.05) is 9.80 Å². The first-order chi connectivity index (χ1) is 28.8. The number of para-hydroxylation sites is 2. The van der Waals surface area contributed by atoms with Gasteiger partial charge in [-0.1, -0.05) is 186 Å². The Hall–Kier alpha value is -5.80. The van der Waals surface area contributed by atoms with E-state index in [0.29, 0.717) is 0 Å². The summed E-state index contributed by atoms with van der Waals surface area (Å²) in [6, 6.07) is 57.9. The first-order valence-corrected chi connectivity index (χ1v) is 22.2. The Morgan fingerprint density at radius 2 is 0.639 bits per heavy atom. The quantitative estimate of drug-likeness (QED) is 0.164. The number of hydrogen-bond acceptors (Lipinski definition) is 2. The molecule has 7 aromatic rings. The number of rotatable bonds is 4. The zero-order valence-corrected chi connectivity index (χ0v) is 38.4. The molecular formula is C58H61BN2. The van der Waals surface area contributed by atoms with Crippen molar-refractivity contribution in [3.63, 3.8) is 0 Å². The van der Waals surface area contributed by atoms with Crippen LogP contribution in [0.2, 0.25) is 0 Å². The van der Waals surface area contributed by atoms with Crippen molar-refractivity contribution >= 4 is 57.2 Å². The smallest absolute Gasteiger partial charge is 0.252 e. The molecule has 0 fully saturated rings. The zero-order valence-electron chi connectivity index (χ0n) is 38.4. The third-order valence-corrected chi connectivity index (χ3v) is 13.0. The van der Waals surface area contributed by atoms with Crippen LogP contribution in [0, 0.1) is 0 Å². The van der Waals surface area contributed by atoms with Gasteiger partial charge in [0.2, 0.25) is 0 Å². The van der Waals surface area contributed by atoms with Crippen molar-refractivity contribution in [1.82, 2.24) is 0 Å². The molecule has 0 spiro atoms. The van der Waals surface area contributed by atoms with E-state index in [0.717, 1.165) is 0 Å². The van der Waals surface area contributed by atoms with E-state index in [1.807, 2.05) is 0 Å². The molecule has 2 aliphatic rings. The average Bonchev–Trinajstić information content (AvgIpc) is 3.22. The molecule has 61 heavy (non-hydrogen) atoms. The second-order valence-electron chi connectivity index (χ2n) is 21.6. The fourth-order valence-corrected chi connectivity index (χ4v) is 9.32. The Morgan fingerprint density at radius 3 is 1.02 bits per heavy atom. The second kappa shape index (κ2) is 14.4. The maximum atomic E-state index is 2.59. The van der Waals surface area contributed by atoms with Crippen LogP contribution in [-0.2, 0) is 21.7 Å². The summed E-state index contributed by atoms with van der Waals surface area (Å²) in [7, 11) is 0. The molecule has 0 aliphatic carbocycles. The molecule has 0 radical (unpaired) electrons. The molecule has 0 saturated carbocycles. The van der Waals surface area contributed by atoms with Crippen LogP contribution < -0.4 is 26.2 Å². The predicted molar refractivity (Wildman–Crippen MR) is 266 cm³/mol. The van der Waals surface area contributed by atoms with Gasteiger partial charge in [-0.3, -0.25) is 0 Å². The van der Waals surface area contributed by atoms with Crippen LogP contribution in [0.1, 0.15) is 105 Å². The fraction of sp³-hybridized carbons (Fsp3) is 0.276. The maximum Gasteiger partial charge on any atom is 0.252 e. The lowest BCUT2D eigenvalue weighted by atomic mass is 9.33. The molecule has 0 aromatic heterocycles. The van der Waals surface area contributed by atoms with Gasteiger partial charge in [0.15, 0.2) is 0 Å². The molecule has 2 aliphatic heterocycles. The van der Waals surface area contributed by atoms with Crippen molar-refractivity contribution in [3.05, 3.63) is 174 Å². The highest BCUT2D eigenvalue weighted by Gasteiger charge is 2.44. The van der Waals surface area contributed by atoms with E-state index in [4.69, 9.17) is 0 Å². The van der Waals surface area contributed by atoms with Crippen LogP contribution in [0.15, 0.2) is 152 Å². The van der Waals surface area contributed by atoms with E-state index in [1.165, 1.54) is 95.0 Å². The normalized spacial score (nSPS) is 13.8. The van der Waals surface area contributed by atoms with Gasteiger partial charge in [-0.25, -0.2) is 0 Å². The Kier molecular flexibility index (Phi) is 9.59. The van der Waals surface area contributed by atoms with E-state index < -0.39 is 0 Å². The van der Waals surface area contributed by atoms with Crippen LogP contribution >= 0.6 is 0 Å². The molecule has 0 unspecified atom stereocenters. The Bertz CT molecular complexity index is 2570. The first-order valence-electron chi connectivity index (χ1n) is 22.2. The summed E-state index contributed by atoms with van der Waals surface area (Å²) in [5.74, 6) is 0. The molecule has 7 aromatic carbocycles. The van der Waals surface area contributed by atoms with Crippen LogP contribution in [0.25, 0.3) is 22.3 Å². The summed E-state index contributed by atoms with van der Waals surface area (Å²) in [5, 5.41) is 0. The highest BCUT2D eigenvalue weighted by Crippen LogP contribution is 2.48. The molecule has 0 atom stereocenters. The van der Waals surface area contributed by atoms with Gasteiger partial charge in [0, 0.05) is 34.1 Å². The molecule has 9 rings (SSSR count). The summed E-state index contributed by atoms with van der Waals surface area (Å²) in [4.78, 5) is 5.19. The largest absolute Gasteiger partial charge is 0.311 e. The molecule has 3 heteroatoms. The van der Waals surface area contributed by atoms with Crippen molar-refractivity contribution in [1.29, 1.82) is 0 Å². The molecule has 0 amide bonds. The lowest BCUT2D eigenvalue weighted by molar-refractivity contribution is 0.568. The van der Waals surface area contributed by atoms with Crippen molar-refractivity contribution in [3.8, 4) is 22.3 Å². The zero-order chi connectivity index (χ0) is 43.2. The summed E-state index contributed by atoms with van der Waals surface area (Å²) in [6.07, 6.45) is 0. The number of hydrogen-bond donors (Lipinski definition) is 0. The van der Waals surface area contributed by atoms with Gasteiger partial charge < -0.3 is 9.80 Å². The molecule has 2 heterocycles. The summed E-state index contributed by atoms with van der Waals surface area (Å²) in [6.45, 7) is 28.1. The van der Waals surface area contributed by atoms with Crippen molar-refractivity contribution < 1.29 is 0 Å².